The molecule has 0 amide bonds. The number of ether oxygens (including phenoxy) is 1. The van der Waals surface area contributed by atoms with Crippen LogP contribution in [-0.4, -0.2) is 26.2 Å². The molecule has 1 aromatic rings. The number of aryl methyl sites for hydroxylation is 1. The zero-order valence-corrected chi connectivity index (χ0v) is 10.8. The molecule has 94 valence electrons. The minimum Gasteiger partial charge on any atom is -0.465 e. The Labute approximate surface area is 103 Å². The molecule has 1 fully saturated rings. The van der Waals surface area contributed by atoms with Gasteiger partial charge in [-0.3, -0.25) is 0 Å². The van der Waals surface area contributed by atoms with Crippen LogP contribution >= 0.6 is 0 Å². The molecule has 0 saturated carbocycles. The van der Waals surface area contributed by atoms with E-state index < -0.39 is 0 Å². The first-order valence-corrected chi connectivity index (χ1v) is 5.99. The number of benzene rings is 1. The topological polar surface area (TPSA) is 38.3 Å². The zero-order chi connectivity index (χ0) is 12.7. The number of rotatable bonds is 1. The van der Waals surface area contributed by atoms with Gasteiger partial charge in [0.1, 0.15) is 0 Å². The highest BCUT2D eigenvalue weighted by Gasteiger charge is 2.06. The molecule has 1 unspecified atom stereocenters. The van der Waals surface area contributed by atoms with Crippen LogP contribution in [0.25, 0.3) is 0 Å². The normalized spacial score (nSPS) is 18.2. The highest BCUT2D eigenvalue weighted by atomic mass is 16.5. The van der Waals surface area contributed by atoms with Gasteiger partial charge in [0.15, 0.2) is 0 Å². The number of esters is 1. The number of hydrogen-bond acceptors (Lipinski definition) is 3. The van der Waals surface area contributed by atoms with E-state index in [1.165, 1.54) is 26.6 Å². The maximum Gasteiger partial charge on any atom is 0.337 e. The van der Waals surface area contributed by atoms with Gasteiger partial charge in [-0.2, -0.15) is 0 Å². The molecule has 0 spiro atoms. The lowest BCUT2D eigenvalue weighted by Crippen LogP contribution is -2.06. The van der Waals surface area contributed by atoms with Crippen LogP contribution in [0.4, 0.5) is 0 Å². The van der Waals surface area contributed by atoms with Crippen LogP contribution in [0.1, 0.15) is 29.3 Å². The highest BCUT2D eigenvalue weighted by molar-refractivity contribution is 5.89. The number of carbonyl (C=O) groups excluding carboxylic acids is 1. The summed E-state index contributed by atoms with van der Waals surface area (Å²) in [7, 11) is 1.38. The third-order valence-electron chi connectivity index (χ3n) is 2.78. The molecule has 1 aliphatic rings. The Morgan fingerprint density at radius 3 is 2.35 bits per heavy atom. The molecule has 1 aromatic carbocycles. The SMILES string of the molecule is CC1CCNC1.COC(=O)c1ccc(C)cc1. The van der Waals surface area contributed by atoms with Gasteiger partial charge in [0, 0.05) is 0 Å². The molecule has 1 aliphatic heterocycles. The van der Waals surface area contributed by atoms with Gasteiger partial charge in [-0.15, -0.1) is 0 Å². The Kier molecular flexibility index (Phi) is 5.70. The number of hydrogen-bond donors (Lipinski definition) is 1. The van der Waals surface area contributed by atoms with E-state index in [0.29, 0.717) is 5.56 Å². The molecular weight excluding hydrogens is 214 g/mol. The Balaban J connectivity index is 0.000000202. The first-order valence-electron chi connectivity index (χ1n) is 5.99. The smallest absolute Gasteiger partial charge is 0.337 e. The molecule has 0 bridgehead atoms. The van der Waals surface area contributed by atoms with Crippen molar-refractivity contribution in [3.8, 4) is 0 Å². The zero-order valence-electron chi connectivity index (χ0n) is 10.8. The van der Waals surface area contributed by atoms with Crippen molar-refractivity contribution in [3.05, 3.63) is 35.4 Å². The molecule has 1 N–H and O–H groups in total. The van der Waals surface area contributed by atoms with Gasteiger partial charge in [-0.1, -0.05) is 24.6 Å². The van der Waals surface area contributed by atoms with E-state index in [1.54, 1.807) is 12.1 Å². The maximum absolute atomic E-state index is 10.9. The van der Waals surface area contributed by atoms with Crippen molar-refractivity contribution < 1.29 is 9.53 Å². The van der Waals surface area contributed by atoms with Crippen molar-refractivity contribution in [3.63, 3.8) is 0 Å². The largest absolute Gasteiger partial charge is 0.465 e. The van der Waals surface area contributed by atoms with E-state index in [0.717, 1.165) is 11.5 Å². The van der Waals surface area contributed by atoms with Gasteiger partial charge in [0.05, 0.1) is 12.7 Å². The van der Waals surface area contributed by atoms with E-state index in [9.17, 15) is 4.79 Å². The van der Waals surface area contributed by atoms with Crippen molar-refractivity contribution in [2.24, 2.45) is 5.92 Å². The molecule has 1 heterocycles. The molecule has 0 aromatic heterocycles. The van der Waals surface area contributed by atoms with Gasteiger partial charge >= 0.3 is 5.97 Å². The molecule has 1 saturated heterocycles. The van der Waals surface area contributed by atoms with Gasteiger partial charge in [-0.25, -0.2) is 4.79 Å². The van der Waals surface area contributed by atoms with Gasteiger partial charge in [0.2, 0.25) is 0 Å². The quantitative estimate of drug-likeness (QED) is 0.760. The van der Waals surface area contributed by atoms with Gasteiger partial charge < -0.3 is 10.1 Å². The van der Waals surface area contributed by atoms with Crippen LogP contribution in [0.3, 0.4) is 0 Å². The first kappa shape index (κ1) is 13.7. The Morgan fingerprint density at radius 1 is 1.35 bits per heavy atom. The lowest BCUT2D eigenvalue weighted by Gasteiger charge is -1.97. The molecule has 3 nitrogen and oxygen atoms in total. The predicted octanol–water partition coefficient (Wildman–Crippen LogP) is 2.40. The van der Waals surface area contributed by atoms with E-state index in [1.807, 2.05) is 19.1 Å². The second-order valence-corrected chi connectivity index (χ2v) is 4.46. The molecule has 3 heteroatoms. The summed E-state index contributed by atoms with van der Waals surface area (Å²) in [6.07, 6.45) is 1.38. The monoisotopic (exact) mass is 235 g/mol. The van der Waals surface area contributed by atoms with E-state index >= 15 is 0 Å². The molecular formula is C14H21NO2. The molecule has 0 aliphatic carbocycles. The third-order valence-corrected chi connectivity index (χ3v) is 2.78. The summed E-state index contributed by atoms with van der Waals surface area (Å²) in [5, 5.41) is 3.27. The Bertz CT molecular complexity index is 340. The third kappa shape index (κ3) is 5.00. The maximum atomic E-state index is 10.9. The average Bonchev–Trinajstić information content (AvgIpc) is 2.81. The number of carbonyl (C=O) groups is 1. The minimum atomic E-state index is -0.287. The lowest BCUT2D eigenvalue weighted by molar-refractivity contribution is 0.0601. The fourth-order valence-electron chi connectivity index (χ4n) is 1.61. The van der Waals surface area contributed by atoms with Gasteiger partial charge in [-0.05, 0) is 44.5 Å². The minimum absolute atomic E-state index is 0.287. The van der Waals surface area contributed by atoms with E-state index in [-0.39, 0.29) is 5.97 Å². The molecule has 1 atom stereocenters. The van der Waals surface area contributed by atoms with Crippen LogP contribution in [0.15, 0.2) is 24.3 Å². The summed E-state index contributed by atoms with van der Waals surface area (Å²) in [6, 6.07) is 7.26. The highest BCUT2D eigenvalue weighted by Crippen LogP contribution is 2.04. The van der Waals surface area contributed by atoms with Crippen LogP contribution in [-0.2, 0) is 4.74 Å². The average molecular weight is 235 g/mol. The Hall–Kier alpha value is -1.35. The van der Waals surface area contributed by atoms with Gasteiger partial charge in [0.25, 0.3) is 0 Å². The second-order valence-electron chi connectivity index (χ2n) is 4.46. The fraction of sp³-hybridized carbons (Fsp3) is 0.500. The van der Waals surface area contributed by atoms with Crippen LogP contribution < -0.4 is 5.32 Å². The van der Waals surface area contributed by atoms with Crippen LogP contribution in [0.5, 0.6) is 0 Å². The van der Waals surface area contributed by atoms with Crippen molar-refractivity contribution in [1.82, 2.24) is 5.32 Å². The Morgan fingerprint density at radius 2 is 2.00 bits per heavy atom. The summed E-state index contributed by atoms with van der Waals surface area (Å²) in [5.74, 6) is 0.648. The number of nitrogens with one attached hydrogen (secondary N) is 1. The standard InChI is InChI=1S/C9H10O2.C5H11N/c1-7-3-5-8(6-4-7)9(10)11-2;1-5-2-3-6-4-5/h3-6H,1-2H3;5-6H,2-4H2,1H3. The summed E-state index contributed by atoms with van der Waals surface area (Å²) < 4.78 is 4.54. The predicted molar refractivity (Wildman–Crippen MR) is 69.2 cm³/mol. The fourth-order valence-corrected chi connectivity index (χ4v) is 1.61. The number of methoxy groups -OCH3 is 1. The van der Waals surface area contributed by atoms with E-state index in [4.69, 9.17) is 0 Å². The van der Waals surface area contributed by atoms with Crippen molar-refractivity contribution in [2.45, 2.75) is 20.3 Å². The molecule has 17 heavy (non-hydrogen) atoms. The summed E-state index contributed by atoms with van der Waals surface area (Å²) in [5.41, 5.74) is 1.73. The first-order chi connectivity index (χ1) is 8.13. The van der Waals surface area contributed by atoms with Crippen LogP contribution in [0.2, 0.25) is 0 Å². The summed E-state index contributed by atoms with van der Waals surface area (Å²) in [4.78, 5) is 10.9. The van der Waals surface area contributed by atoms with Crippen molar-refractivity contribution >= 4 is 5.97 Å². The summed E-state index contributed by atoms with van der Waals surface area (Å²) in [6.45, 7) is 6.72. The van der Waals surface area contributed by atoms with Crippen LogP contribution in [0, 0.1) is 12.8 Å². The van der Waals surface area contributed by atoms with E-state index in [2.05, 4.69) is 17.0 Å². The molecule has 0 radical (unpaired) electrons. The lowest BCUT2D eigenvalue weighted by atomic mass is 10.2. The second kappa shape index (κ2) is 7.07. The summed E-state index contributed by atoms with van der Waals surface area (Å²) >= 11 is 0. The van der Waals surface area contributed by atoms with Crippen molar-refractivity contribution in [1.29, 1.82) is 0 Å². The molecule has 2 rings (SSSR count). The van der Waals surface area contributed by atoms with Crippen molar-refractivity contribution in [2.75, 3.05) is 20.2 Å².